The standard InChI is InChI=1S/C22H24N4O2/c1-16-5-3-7-18(13-16)25-9-11-26(12-10-25)22(27)21-15-20(23-24-21)17-6-4-8-19(14-17)28-2/h3-8,13-15H,9-12H2,1-2H3,(H,23,24). The maximum atomic E-state index is 12.9. The van der Waals surface area contributed by atoms with Crippen LogP contribution in [0.5, 0.6) is 5.75 Å². The minimum absolute atomic E-state index is 0.00876. The Labute approximate surface area is 164 Å². The number of rotatable bonds is 4. The smallest absolute Gasteiger partial charge is 0.272 e. The van der Waals surface area contributed by atoms with E-state index in [-0.39, 0.29) is 5.91 Å². The number of methoxy groups -OCH3 is 1. The Morgan fingerprint density at radius 1 is 1.04 bits per heavy atom. The number of aromatic nitrogens is 2. The number of piperazine rings is 1. The van der Waals surface area contributed by atoms with E-state index in [2.05, 4.69) is 46.3 Å². The molecule has 0 bridgehead atoms. The minimum Gasteiger partial charge on any atom is -0.497 e. The van der Waals surface area contributed by atoms with Crippen LogP contribution in [-0.4, -0.2) is 54.3 Å². The van der Waals surface area contributed by atoms with Crippen molar-refractivity contribution >= 4 is 11.6 Å². The summed E-state index contributed by atoms with van der Waals surface area (Å²) in [7, 11) is 1.63. The van der Waals surface area contributed by atoms with E-state index in [4.69, 9.17) is 4.74 Å². The van der Waals surface area contributed by atoms with Crippen molar-refractivity contribution in [2.45, 2.75) is 6.92 Å². The molecular formula is C22H24N4O2. The van der Waals surface area contributed by atoms with Gasteiger partial charge >= 0.3 is 0 Å². The van der Waals surface area contributed by atoms with E-state index in [9.17, 15) is 4.79 Å². The first-order valence-electron chi connectivity index (χ1n) is 9.45. The van der Waals surface area contributed by atoms with Crippen LogP contribution in [-0.2, 0) is 0 Å². The second-order valence-corrected chi connectivity index (χ2v) is 7.02. The van der Waals surface area contributed by atoms with Crippen LogP contribution in [0.15, 0.2) is 54.6 Å². The van der Waals surface area contributed by atoms with Crippen molar-refractivity contribution in [1.82, 2.24) is 15.1 Å². The molecule has 0 spiro atoms. The maximum Gasteiger partial charge on any atom is 0.272 e. The molecule has 1 saturated heterocycles. The van der Waals surface area contributed by atoms with Gasteiger partial charge in [0.25, 0.3) is 5.91 Å². The molecular weight excluding hydrogens is 352 g/mol. The van der Waals surface area contributed by atoms with Crippen LogP contribution in [0.1, 0.15) is 16.1 Å². The Bertz CT molecular complexity index is 974. The van der Waals surface area contributed by atoms with Crippen LogP contribution in [0.4, 0.5) is 5.69 Å². The number of hydrogen-bond donors (Lipinski definition) is 1. The zero-order valence-electron chi connectivity index (χ0n) is 16.2. The van der Waals surface area contributed by atoms with Gasteiger partial charge in [0.2, 0.25) is 0 Å². The second-order valence-electron chi connectivity index (χ2n) is 7.02. The van der Waals surface area contributed by atoms with E-state index in [1.807, 2.05) is 35.2 Å². The number of anilines is 1. The molecule has 28 heavy (non-hydrogen) atoms. The highest BCUT2D eigenvalue weighted by atomic mass is 16.5. The second kappa shape index (κ2) is 7.76. The van der Waals surface area contributed by atoms with Gasteiger partial charge in [-0.15, -0.1) is 0 Å². The lowest BCUT2D eigenvalue weighted by Gasteiger charge is -2.36. The van der Waals surface area contributed by atoms with Crippen molar-refractivity contribution in [3.8, 4) is 17.0 Å². The van der Waals surface area contributed by atoms with Gasteiger partial charge in [0.15, 0.2) is 0 Å². The highest BCUT2D eigenvalue weighted by Gasteiger charge is 2.24. The molecule has 1 fully saturated rings. The number of aromatic amines is 1. The Kier molecular flexibility index (Phi) is 5.02. The van der Waals surface area contributed by atoms with Crippen molar-refractivity contribution in [2.75, 3.05) is 38.2 Å². The van der Waals surface area contributed by atoms with Crippen LogP contribution >= 0.6 is 0 Å². The topological polar surface area (TPSA) is 61.5 Å². The molecule has 144 valence electrons. The molecule has 0 unspecified atom stereocenters. The third kappa shape index (κ3) is 3.71. The number of carbonyl (C=O) groups excluding carboxylic acids is 1. The van der Waals surface area contributed by atoms with Crippen LogP contribution in [0.2, 0.25) is 0 Å². The lowest BCUT2D eigenvalue weighted by Crippen LogP contribution is -2.48. The quantitative estimate of drug-likeness (QED) is 0.759. The number of benzene rings is 2. The minimum atomic E-state index is -0.00876. The number of nitrogens with zero attached hydrogens (tertiary/aromatic N) is 3. The van der Waals surface area contributed by atoms with Crippen LogP contribution in [0, 0.1) is 6.92 Å². The van der Waals surface area contributed by atoms with Gasteiger partial charge in [0, 0.05) is 37.4 Å². The van der Waals surface area contributed by atoms with Crippen LogP contribution in [0.3, 0.4) is 0 Å². The van der Waals surface area contributed by atoms with Gasteiger partial charge < -0.3 is 14.5 Å². The summed E-state index contributed by atoms with van der Waals surface area (Å²) in [4.78, 5) is 17.1. The van der Waals surface area contributed by atoms with E-state index in [0.717, 1.165) is 30.1 Å². The normalized spacial score (nSPS) is 14.2. The number of carbonyl (C=O) groups is 1. The zero-order chi connectivity index (χ0) is 19.5. The van der Waals surface area contributed by atoms with Crippen molar-refractivity contribution in [3.05, 3.63) is 65.9 Å². The fourth-order valence-corrected chi connectivity index (χ4v) is 3.52. The Hall–Kier alpha value is -3.28. The molecule has 3 aromatic rings. The number of H-pyrrole nitrogens is 1. The third-order valence-corrected chi connectivity index (χ3v) is 5.11. The van der Waals surface area contributed by atoms with Gasteiger partial charge in [0.05, 0.1) is 12.8 Å². The molecule has 6 nitrogen and oxygen atoms in total. The molecule has 4 rings (SSSR count). The fourth-order valence-electron chi connectivity index (χ4n) is 3.52. The molecule has 1 N–H and O–H groups in total. The van der Waals surface area contributed by atoms with Crippen molar-refractivity contribution < 1.29 is 9.53 Å². The predicted molar refractivity (Wildman–Crippen MR) is 110 cm³/mol. The highest BCUT2D eigenvalue weighted by Crippen LogP contribution is 2.23. The Morgan fingerprint density at radius 3 is 2.57 bits per heavy atom. The van der Waals surface area contributed by atoms with E-state index in [1.165, 1.54) is 11.3 Å². The predicted octanol–water partition coefficient (Wildman–Crippen LogP) is 3.36. The average molecular weight is 376 g/mol. The van der Waals surface area contributed by atoms with Gasteiger partial charge in [-0.1, -0.05) is 24.3 Å². The van der Waals surface area contributed by atoms with Crippen molar-refractivity contribution in [3.63, 3.8) is 0 Å². The van der Waals surface area contributed by atoms with Crippen LogP contribution in [0.25, 0.3) is 11.3 Å². The summed E-state index contributed by atoms with van der Waals surface area (Å²) >= 11 is 0. The number of aryl methyl sites for hydroxylation is 1. The summed E-state index contributed by atoms with van der Waals surface area (Å²) in [5.41, 5.74) is 4.63. The van der Waals surface area contributed by atoms with Gasteiger partial charge in [-0.3, -0.25) is 9.89 Å². The molecule has 0 saturated carbocycles. The number of ether oxygens (including phenoxy) is 1. The van der Waals surface area contributed by atoms with Gasteiger partial charge in [-0.25, -0.2) is 0 Å². The number of amides is 1. The molecule has 6 heteroatoms. The summed E-state index contributed by atoms with van der Waals surface area (Å²) < 4.78 is 5.26. The molecule has 0 radical (unpaired) electrons. The van der Waals surface area contributed by atoms with Gasteiger partial charge in [-0.05, 0) is 42.8 Å². The first-order chi connectivity index (χ1) is 13.6. The largest absolute Gasteiger partial charge is 0.497 e. The third-order valence-electron chi connectivity index (χ3n) is 5.11. The molecule has 0 atom stereocenters. The summed E-state index contributed by atoms with van der Waals surface area (Å²) in [5, 5.41) is 7.21. The zero-order valence-corrected chi connectivity index (χ0v) is 16.2. The van der Waals surface area contributed by atoms with Crippen LogP contribution < -0.4 is 9.64 Å². The first-order valence-corrected chi connectivity index (χ1v) is 9.45. The summed E-state index contributed by atoms with van der Waals surface area (Å²) in [6.45, 7) is 5.14. The first kappa shape index (κ1) is 18.1. The fraction of sp³-hybridized carbons (Fsp3) is 0.273. The van der Waals surface area contributed by atoms with Crippen molar-refractivity contribution in [2.24, 2.45) is 0 Å². The molecule has 1 aliphatic rings. The van der Waals surface area contributed by atoms with Crippen molar-refractivity contribution in [1.29, 1.82) is 0 Å². The molecule has 1 amide bonds. The van der Waals surface area contributed by atoms with E-state index in [0.29, 0.717) is 18.8 Å². The SMILES string of the molecule is COc1cccc(-c2cc(C(=O)N3CCN(c4cccc(C)c4)CC3)[nH]n2)c1. The maximum absolute atomic E-state index is 12.9. The molecule has 1 aliphatic heterocycles. The van der Waals surface area contributed by atoms with E-state index in [1.54, 1.807) is 7.11 Å². The van der Waals surface area contributed by atoms with Gasteiger partial charge in [0.1, 0.15) is 11.4 Å². The molecule has 1 aromatic heterocycles. The van der Waals surface area contributed by atoms with E-state index >= 15 is 0 Å². The summed E-state index contributed by atoms with van der Waals surface area (Å²) in [6, 6.07) is 18.0. The Balaban J connectivity index is 1.42. The van der Waals surface area contributed by atoms with Gasteiger partial charge in [-0.2, -0.15) is 5.10 Å². The number of hydrogen-bond acceptors (Lipinski definition) is 4. The van der Waals surface area contributed by atoms with E-state index < -0.39 is 0 Å². The summed E-state index contributed by atoms with van der Waals surface area (Å²) in [5.74, 6) is 0.756. The lowest BCUT2D eigenvalue weighted by molar-refractivity contribution is 0.0741. The summed E-state index contributed by atoms with van der Waals surface area (Å²) in [6.07, 6.45) is 0. The molecule has 2 heterocycles. The molecule has 0 aliphatic carbocycles. The monoisotopic (exact) mass is 376 g/mol. The average Bonchev–Trinajstić information content (AvgIpc) is 3.24. The Morgan fingerprint density at radius 2 is 1.82 bits per heavy atom. The molecule has 2 aromatic carbocycles. The number of nitrogens with one attached hydrogen (secondary N) is 1. The highest BCUT2D eigenvalue weighted by molar-refractivity contribution is 5.93. The lowest BCUT2D eigenvalue weighted by atomic mass is 10.1.